The minimum atomic E-state index is -4.45. The Labute approximate surface area is 93.6 Å². The lowest BCUT2D eigenvalue weighted by atomic mass is 10.1. The van der Waals surface area contributed by atoms with Gasteiger partial charge in [0.15, 0.2) is 5.78 Å². The number of aromatic amines is 1. The summed E-state index contributed by atoms with van der Waals surface area (Å²) in [5, 5.41) is 6.29. The number of aromatic nitrogens is 2. The van der Waals surface area contributed by atoms with Crippen molar-refractivity contribution in [2.24, 2.45) is 5.73 Å². The molecular formula is C10H8F3N3O. The van der Waals surface area contributed by atoms with Crippen LogP contribution in [-0.4, -0.2) is 22.5 Å². The highest BCUT2D eigenvalue weighted by molar-refractivity contribution is 6.06. The SMILES string of the molecule is NCC(=O)c1n[nH]c2ccc(C(F)(F)F)cc12. The van der Waals surface area contributed by atoms with Crippen molar-refractivity contribution >= 4 is 16.7 Å². The van der Waals surface area contributed by atoms with Crippen LogP contribution >= 0.6 is 0 Å². The molecule has 0 saturated carbocycles. The largest absolute Gasteiger partial charge is 0.416 e. The third-order valence-corrected chi connectivity index (χ3v) is 2.34. The van der Waals surface area contributed by atoms with Gasteiger partial charge in [-0.05, 0) is 18.2 Å². The van der Waals surface area contributed by atoms with Gasteiger partial charge < -0.3 is 5.73 Å². The first kappa shape index (κ1) is 11.6. The second-order valence-electron chi connectivity index (χ2n) is 3.46. The quantitative estimate of drug-likeness (QED) is 0.789. The smallest absolute Gasteiger partial charge is 0.324 e. The Morgan fingerprint density at radius 1 is 1.41 bits per heavy atom. The molecule has 0 amide bonds. The fourth-order valence-corrected chi connectivity index (χ4v) is 1.50. The lowest BCUT2D eigenvalue weighted by Gasteiger charge is -2.05. The molecule has 0 atom stereocenters. The van der Waals surface area contributed by atoms with Crippen LogP contribution in [0.2, 0.25) is 0 Å². The summed E-state index contributed by atoms with van der Waals surface area (Å²) < 4.78 is 37.5. The summed E-state index contributed by atoms with van der Waals surface area (Å²) in [6.45, 7) is -0.295. The molecule has 1 aromatic carbocycles. The standard InChI is InChI=1S/C10H8F3N3O/c11-10(12,13)5-1-2-7-6(3-5)9(16-15-7)8(17)4-14/h1-3H,4,14H2,(H,15,16). The molecule has 0 fully saturated rings. The molecule has 0 bridgehead atoms. The number of nitrogens with two attached hydrogens (primary N) is 1. The molecular weight excluding hydrogens is 235 g/mol. The molecule has 90 valence electrons. The van der Waals surface area contributed by atoms with Crippen molar-refractivity contribution in [2.45, 2.75) is 6.18 Å². The highest BCUT2D eigenvalue weighted by atomic mass is 19.4. The van der Waals surface area contributed by atoms with Crippen molar-refractivity contribution in [1.82, 2.24) is 10.2 Å². The minimum Gasteiger partial charge on any atom is -0.324 e. The van der Waals surface area contributed by atoms with E-state index in [1.165, 1.54) is 6.07 Å². The molecule has 1 aromatic heterocycles. The molecule has 0 saturated heterocycles. The molecule has 0 spiro atoms. The van der Waals surface area contributed by atoms with Gasteiger partial charge in [-0.2, -0.15) is 18.3 Å². The number of halogens is 3. The third kappa shape index (κ3) is 2.01. The number of rotatable bonds is 2. The lowest BCUT2D eigenvalue weighted by molar-refractivity contribution is -0.137. The normalized spacial score (nSPS) is 12.0. The van der Waals surface area contributed by atoms with E-state index in [0.29, 0.717) is 5.52 Å². The van der Waals surface area contributed by atoms with E-state index in [1.807, 2.05) is 0 Å². The van der Waals surface area contributed by atoms with Gasteiger partial charge in [0.25, 0.3) is 0 Å². The zero-order chi connectivity index (χ0) is 12.6. The van der Waals surface area contributed by atoms with E-state index in [4.69, 9.17) is 5.73 Å². The molecule has 4 nitrogen and oxygen atoms in total. The molecule has 7 heteroatoms. The number of nitrogens with one attached hydrogen (secondary N) is 1. The molecule has 2 aromatic rings. The molecule has 3 N–H and O–H groups in total. The zero-order valence-corrected chi connectivity index (χ0v) is 8.51. The average Bonchev–Trinajstić information content (AvgIpc) is 2.69. The van der Waals surface area contributed by atoms with E-state index in [0.717, 1.165) is 12.1 Å². The van der Waals surface area contributed by atoms with Crippen LogP contribution in [0, 0.1) is 0 Å². The van der Waals surface area contributed by atoms with Gasteiger partial charge in [-0.15, -0.1) is 0 Å². The molecule has 17 heavy (non-hydrogen) atoms. The number of carbonyl (C=O) groups excluding carboxylic acids is 1. The zero-order valence-electron chi connectivity index (χ0n) is 8.51. The Morgan fingerprint density at radius 3 is 2.71 bits per heavy atom. The van der Waals surface area contributed by atoms with E-state index in [2.05, 4.69) is 10.2 Å². The van der Waals surface area contributed by atoms with Crippen LogP contribution in [0.3, 0.4) is 0 Å². The summed E-state index contributed by atoms with van der Waals surface area (Å²) in [6.07, 6.45) is -4.45. The summed E-state index contributed by atoms with van der Waals surface area (Å²) in [4.78, 5) is 11.4. The monoisotopic (exact) mass is 243 g/mol. The average molecular weight is 243 g/mol. The topological polar surface area (TPSA) is 71.8 Å². The van der Waals surface area contributed by atoms with E-state index < -0.39 is 17.5 Å². The summed E-state index contributed by atoms with van der Waals surface area (Å²) in [5.41, 5.74) is 4.64. The van der Waals surface area contributed by atoms with Gasteiger partial charge in [0.05, 0.1) is 17.6 Å². The van der Waals surface area contributed by atoms with E-state index in [1.54, 1.807) is 0 Å². The second-order valence-corrected chi connectivity index (χ2v) is 3.46. The van der Waals surface area contributed by atoms with Crippen LogP contribution in [0.15, 0.2) is 18.2 Å². The van der Waals surface area contributed by atoms with E-state index in [9.17, 15) is 18.0 Å². The Kier molecular flexibility index (Phi) is 2.62. The summed E-state index contributed by atoms with van der Waals surface area (Å²) in [7, 11) is 0. The highest BCUT2D eigenvalue weighted by Gasteiger charge is 2.31. The number of hydrogen-bond donors (Lipinski definition) is 2. The molecule has 2 rings (SSSR count). The predicted octanol–water partition coefficient (Wildman–Crippen LogP) is 1.72. The van der Waals surface area contributed by atoms with Crippen LogP contribution in [0.4, 0.5) is 13.2 Å². The maximum atomic E-state index is 12.5. The number of fused-ring (bicyclic) bond motifs is 1. The van der Waals surface area contributed by atoms with Crippen LogP contribution < -0.4 is 5.73 Å². The van der Waals surface area contributed by atoms with Crippen molar-refractivity contribution in [3.63, 3.8) is 0 Å². The number of nitrogens with zero attached hydrogens (tertiary/aromatic N) is 1. The number of benzene rings is 1. The Balaban J connectivity index is 2.62. The van der Waals surface area contributed by atoms with Gasteiger partial charge in [-0.25, -0.2) is 0 Å². The maximum Gasteiger partial charge on any atom is 0.416 e. The van der Waals surface area contributed by atoms with Crippen molar-refractivity contribution in [3.8, 4) is 0 Å². The van der Waals surface area contributed by atoms with Crippen LogP contribution in [-0.2, 0) is 6.18 Å². The first-order valence-corrected chi connectivity index (χ1v) is 4.72. The van der Waals surface area contributed by atoms with Gasteiger partial charge in [0.1, 0.15) is 5.69 Å². The molecule has 0 unspecified atom stereocenters. The summed E-state index contributed by atoms with van der Waals surface area (Å²) in [6, 6.07) is 3.05. The lowest BCUT2D eigenvalue weighted by Crippen LogP contribution is -2.14. The number of carbonyl (C=O) groups is 1. The van der Waals surface area contributed by atoms with Crippen LogP contribution in [0.1, 0.15) is 16.1 Å². The molecule has 0 aliphatic heterocycles. The van der Waals surface area contributed by atoms with E-state index >= 15 is 0 Å². The van der Waals surface area contributed by atoms with E-state index in [-0.39, 0.29) is 17.6 Å². The van der Waals surface area contributed by atoms with Gasteiger partial charge in [-0.1, -0.05) is 0 Å². The molecule has 0 aliphatic carbocycles. The molecule has 1 heterocycles. The fourth-order valence-electron chi connectivity index (χ4n) is 1.50. The van der Waals surface area contributed by atoms with Gasteiger partial charge in [-0.3, -0.25) is 9.89 Å². The number of H-pyrrole nitrogens is 1. The van der Waals surface area contributed by atoms with Crippen molar-refractivity contribution < 1.29 is 18.0 Å². The Bertz CT molecular complexity index is 574. The number of hydrogen-bond acceptors (Lipinski definition) is 3. The van der Waals surface area contributed by atoms with Crippen molar-refractivity contribution in [3.05, 3.63) is 29.5 Å². The first-order valence-electron chi connectivity index (χ1n) is 4.72. The van der Waals surface area contributed by atoms with Crippen molar-refractivity contribution in [1.29, 1.82) is 0 Å². The van der Waals surface area contributed by atoms with Gasteiger partial charge in [0.2, 0.25) is 0 Å². The summed E-state index contributed by atoms with van der Waals surface area (Å²) in [5.74, 6) is -0.504. The minimum absolute atomic E-state index is 0.0615. The fraction of sp³-hybridized carbons (Fsp3) is 0.200. The third-order valence-electron chi connectivity index (χ3n) is 2.34. The van der Waals surface area contributed by atoms with Gasteiger partial charge in [0, 0.05) is 5.39 Å². The Hall–Kier alpha value is -1.89. The second kappa shape index (κ2) is 3.85. The predicted molar refractivity (Wildman–Crippen MR) is 54.5 cm³/mol. The first-order chi connectivity index (χ1) is 7.93. The number of alkyl halides is 3. The van der Waals surface area contributed by atoms with Crippen LogP contribution in [0.5, 0.6) is 0 Å². The maximum absolute atomic E-state index is 12.5. The van der Waals surface area contributed by atoms with Crippen molar-refractivity contribution in [2.75, 3.05) is 6.54 Å². The molecule has 0 aliphatic rings. The number of ketones is 1. The number of Topliss-reactive ketones (excluding diaryl/α,β-unsaturated/α-hetero) is 1. The highest BCUT2D eigenvalue weighted by Crippen LogP contribution is 2.31. The Morgan fingerprint density at radius 2 is 2.12 bits per heavy atom. The van der Waals surface area contributed by atoms with Crippen LogP contribution in [0.25, 0.3) is 10.9 Å². The molecule has 0 radical (unpaired) electrons. The van der Waals surface area contributed by atoms with Gasteiger partial charge >= 0.3 is 6.18 Å². The summed E-state index contributed by atoms with van der Waals surface area (Å²) >= 11 is 0.